The van der Waals surface area contributed by atoms with Gasteiger partial charge >= 0.3 is 0 Å². The molecule has 0 heterocycles. The summed E-state index contributed by atoms with van der Waals surface area (Å²) < 4.78 is 0. The van der Waals surface area contributed by atoms with Crippen LogP contribution in [0.15, 0.2) is 41.1 Å². The van der Waals surface area contributed by atoms with Gasteiger partial charge in [-0.3, -0.25) is 4.99 Å². The fourth-order valence-electron chi connectivity index (χ4n) is 2.80. The third-order valence-corrected chi connectivity index (χ3v) is 4.28. The quantitative estimate of drug-likeness (QED) is 0.297. The molecule has 0 aliphatic carbocycles. The van der Waals surface area contributed by atoms with Crippen molar-refractivity contribution in [1.29, 1.82) is 0 Å². The number of hydrogen-bond acceptors (Lipinski definition) is 1. The maximum atomic E-state index is 4.04. The lowest BCUT2D eigenvalue weighted by molar-refractivity contribution is 0.373. The Labute approximate surface area is 120 Å². The summed E-state index contributed by atoms with van der Waals surface area (Å²) in [6, 6.07) is 0. The van der Waals surface area contributed by atoms with Crippen LogP contribution in [-0.4, -0.2) is 6.72 Å². The van der Waals surface area contributed by atoms with Gasteiger partial charge in [0, 0.05) is 11.6 Å². The molecule has 0 N–H and O–H groups in total. The molecule has 0 rings (SSSR count). The summed E-state index contributed by atoms with van der Waals surface area (Å²) in [6.07, 6.45) is 8.52. The van der Waals surface area contributed by atoms with Crippen LogP contribution in [0, 0.1) is 17.3 Å². The highest BCUT2D eigenvalue weighted by atomic mass is 14.6. The van der Waals surface area contributed by atoms with Crippen molar-refractivity contribution in [2.75, 3.05) is 0 Å². The highest BCUT2D eigenvalue weighted by Gasteiger charge is 2.27. The first-order valence-corrected chi connectivity index (χ1v) is 7.36. The van der Waals surface area contributed by atoms with E-state index in [0.29, 0.717) is 11.8 Å². The van der Waals surface area contributed by atoms with E-state index in [4.69, 9.17) is 0 Å². The molecule has 19 heavy (non-hydrogen) atoms. The van der Waals surface area contributed by atoms with Crippen molar-refractivity contribution < 1.29 is 0 Å². The van der Waals surface area contributed by atoms with Gasteiger partial charge in [-0.25, -0.2) is 0 Å². The number of hydrogen-bond donors (Lipinski definition) is 0. The Morgan fingerprint density at radius 2 is 1.79 bits per heavy atom. The van der Waals surface area contributed by atoms with Crippen LogP contribution >= 0.6 is 0 Å². The molecule has 1 nitrogen and oxygen atoms in total. The van der Waals surface area contributed by atoms with E-state index in [-0.39, 0.29) is 5.41 Å². The van der Waals surface area contributed by atoms with Crippen molar-refractivity contribution in [2.45, 2.75) is 54.4 Å². The molecule has 0 spiro atoms. The lowest BCUT2D eigenvalue weighted by Gasteiger charge is -2.32. The number of aliphatic imine (C=N–C) groups is 1. The molecule has 0 aliphatic rings. The zero-order valence-corrected chi connectivity index (χ0v) is 13.7. The second kappa shape index (κ2) is 8.14. The summed E-state index contributed by atoms with van der Waals surface area (Å²) in [5.74, 6) is 1.18. The molecule has 1 heteroatoms. The zero-order valence-electron chi connectivity index (χ0n) is 13.7. The normalized spacial score (nSPS) is 15.5. The molecular weight excluding hydrogens is 230 g/mol. The first kappa shape index (κ1) is 17.9. The van der Waals surface area contributed by atoms with Gasteiger partial charge in [-0.05, 0) is 36.6 Å². The van der Waals surface area contributed by atoms with Gasteiger partial charge in [0.2, 0.25) is 0 Å². The maximum absolute atomic E-state index is 4.04. The number of allylic oxidation sites excluding steroid dienone is 4. The third kappa shape index (κ3) is 4.49. The van der Waals surface area contributed by atoms with Crippen molar-refractivity contribution in [3.05, 3.63) is 36.1 Å². The average molecular weight is 261 g/mol. The Balaban J connectivity index is 5.62. The van der Waals surface area contributed by atoms with Gasteiger partial charge in [-0.15, -0.1) is 6.58 Å². The Kier molecular flexibility index (Phi) is 7.66. The van der Waals surface area contributed by atoms with Crippen LogP contribution in [0.2, 0.25) is 0 Å². The van der Waals surface area contributed by atoms with Gasteiger partial charge in [0.05, 0.1) is 0 Å². The van der Waals surface area contributed by atoms with Crippen LogP contribution in [0.3, 0.4) is 0 Å². The zero-order chi connectivity index (χ0) is 15.1. The minimum absolute atomic E-state index is 0.0361. The van der Waals surface area contributed by atoms with Crippen LogP contribution in [-0.2, 0) is 0 Å². The summed E-state index contributed by atoms with van der Waals surface area (Å²) in [4.78, 5) is 4.04. The second-order valence-electron chi connectivity index (χ2n) is 5.76. The molecule has 0 radical (unpaired) electrons. The van der Waals surface area contributed by atoms with Crippen LogP contribution < -0.4 is 0 Å². The summed E-state index contributed by atoms with van der Waals surface area (Å²) in [5, 5.41) is 0. The molecule has 0 saturated carbocycles. The molecule has 0 aromatic rings. The van der Waals surface area contributed by atoms with E-state index in [9.17, 15) is 0 Å². The largest absolute Gasteiger partial charge is 0.272 e. The van der Waals surface area contributed by atoms with Gasteiger partial charge in [-0.1, -0.05) is 59.6 Å². The summed E-state index contributed by atoms with van der Waals surface area (Å²) in [6.45, 7) is 20.9. The average Bonchev–Trinajstić information content (AvgIpc) is 2.39. The van der Waals surface area contributed by atoms with Crippen molar-refractivity contribution >= 4 is 6.72 Å². The third-order valence-electron chi connectivity index (χ3n) is 4.28. The van der Waals surface area contributed by atoms with Gasteiger partial charge in [0.1, 0.15) is 0 Å². The van der Waals surface area contributed by atoms with E-state index < -0.39 is 0 Å². The van der Waals surface area contributed by atoms with Gasteiger partial charge < -0.3 is 0 Å². The molecule has 0 saturated heterocycles. The van der Waals surface area contributed by atoms with Gasteiger partial charge in [-0.2, -0.15) is 0 Å². The van der Waals surface area contributed by atoms with E-state index in [1.54, 1.807) is 0 Å². The topological polar surface area (TPSA) is 12.4 Å². The van der Waals surface area contributed by atoms with Crippen molar-refractivity contribution in [1.82, 2.24) is 0 Å². The Bertz CT molecular complexity index is 354. The minimum atomic E-state index is -0.0361. The summed E-state index contributed by atoms with van der Waals surface area (Å²) in [5.41, 5.74) is 2.58. The Morgan fingerprint density at radius 1 is 1.26 bits per heavy atom. The summed E-state index contributed by atoms with van der Waals surface area (Å²) in [7, 11) is 0. The van der Waals surface area contributed by atoms with Crippen molar-refractivity contribution in [3.63, 3.8) is 0 Å². The SMILES string of the molecule is C=CC(C)(C)C(=C/C)/C(=C\N=C)C(C)C(CC)CC. The summed E-state index contributed by atoms with van der Waals surface area (Å²) >= 11 is 0. The molecule has 0 fully saturated rings. The smallest absolute Gasteiger partial charge is 0.0298 e. The van der Waals surface area contributed by atoms with Crippen LogP contribution in [0.25, 0.3) is 0 Å². The first-order valence-electron chi connectivity index (χ1n) is 7.36. The highest BCUT2D eigenvalue weighted by Crippen LogP contribution is 2.39. The highest BCUT2D eigenvalue weighted by molar-refractivity contribution is 5.41. The molecule has 0 aromatic heterocycles. The number of rotatable bonds is 8. The van der Waals surface area contributed by atoms with Gasteiger partial charge in [0.25, 0.3) is 0 Å². The molecule has 0 aliphatic heterocycles. The molecular formula is C18H31N. The fourth-order valence-corrected chi connectivity index (χ4v) is 2.80. The van der Waals surface area contributed by atoms with E-state index in [1.165, 1.54) is 24.0 Å². The van der Waals surface area contributed by atoms with E-state index >= 15 is 0 Å². The molecule has 1 unspecified atom stereocenters. The Hall–Kier alpha value is -1.11. The molecule has 0 aromatic carbocycles. The predicted molar refractivity (Wildman–Crippen MR) is 88.6 cm³/mol. The molecule has 1 atom stereocenters. The maximum Gasteiger partial charge on any atom is 0.0298 e. The standard InChI is InChI=1S/C18H31N/c1-9-15(10-2)14(5)16(13-19-8)17(11-3)18(6,7)12-4/h11-15H,4,8-10H2,1-3,5-7H3/b16-13-,17-11+. The van der Waals surface area contributed by atoms with Crippen LogP contribution in [0.1, 0.15) is 54.4 Å². The molecule has 0 amide bonds. The predicted octanol–water partition coefficient (Wildman–Crippen LogP) is 5.80. The van der Waals surface area contributed by atoms with Crippen LogP contribution in [0.5, 0.6) is 0 Å². The first-order chi connectivity index (χ1) is 8.89. The molecule has 108 valence electrons. The molecule has 0 bridgehead atoms. The van der Waals surface area contributed by atoms with Crippen LogP contribution in [0.4, 0.5) is 0 Å². The Morgan fingerprint density at radius 3 is 2.11 bits per heavy atom. The van der Waals surface area contributed by atoms with E-state index in [0.717, 1.165) is 0 Å². The lowest BCUT2D eigenvalue weighted by Crippen LogP contribution is -2.21. The van der Waals surface area contributed by atoms with Crippen molar-refractivity contribution in [3.8, 4) is 0 Å². The number of nitrogens with zero attached hydrogens (tertiary/aromatic N) is 1. The fraction of sp³-hybridized carbons (Fsp3) is 0.611. The van der Waals surface area contributed by atoms with Gasteiger partial charge in [0.15, 0.2) is 0 Å². The lowest BCUT2D eigenvalue weighted by atomic mass is 9.73. The van der Waals surface area contributed by atoms with E-state index in [2.05, 4.69) is 65.9 Å². The monoisotopic (exact) mass is 261 g/mol. The minimum Gasteiger partial charge on any atom is -0.272 e. The second-order valence-corrected chi connectivity index (χ2v) is 5.76. The van der Waals surface area contributed by atoms with E-state index in [1.807, 2.05) is 12.3 Å². The van der Waals surface area contributed by atoms with Crippen molar-refractivity contribution in [2.24, 2.45) is 22.2 Å².